The van der Waals surface area contributed by atoms with Gasteiger partial charge in [0, 0.05) is 5.75 Å². The molecular formula is C6H13FN2OS. The number of carbonyl (C=O) groups excluding carboxylic acids is 1. The van der Waals surface area contributed by atoms with Crippen molar-refractivity contribution >= 4 is 17.7 Å². The minimum absolute atomic E-state index is 0.321. The molecule has 0 bridgehead atoms. The minimum atomic E-state index is -0.598. The topological polar surface area (TPSA) is 69.1 Å². The van der Waals surface area contributed by atoms with Gasteiger partial charge in [0.15, 0.2) is 0 Å². The molecule has 0 radical (unpaired) electrons. The zero-order valence-electron chi connectivity index (χ0n) is 6.25. The van der Waals surface area contributed by atoms with Crippen LogP contribution in [-0.2, 0) is 4.79 Å². The maximum atomic E-state index is 11.5. The van der Waals surface area contributed by atoms with E-state index in [-0.39, 0.29) is 6.67 Å². The third-order valence-corrected chi connectivity index (χ3v) is 2.26. The molecule has 0 aliphatic rings. The highest BCUT2D eigenvalue weighted by molar-refractivity contribution is 7.99. The zero-order chi connectivity index (χ0) is 8.69. The Bertz CT molecular complexity index is 123. The summed E-state index contributed by atoms with van der Waals surface area (Å²) in [6.45, 7) is -0.321. The number of primary amides is 1. The van der Waals surface area contributed by atoms with Crippen molar-refractivity contribution in [3.05, 3.63) is 0 Å². The second-order valence-corrected chi connectivity index (χ2v) is 3.28. The second-order valence-electron chi connectivity index (χ2n) is 2.13. The van der Waals surface area contributed by atoms with Gasteiger partial charge in [-0.1, -0.05) is 0 Å². The van der Waals surface area contributed by atoms with Crippen LogP contribution in [-0.4, -0.2) is 30.1 Å². The molecule has 11 heavy (non-hydrogen) atoms. The lowest BCUT2D eigenvalue weighted by Gasteiger charge is -2.05. The van der Waals surface area contributed by atoms with Crippen molar-refractivity contribution in [1.82, 2.24) is 0 Å². The standard InChI is InChI=1S/C6H13FN2OS/c7-2-1-3-11-4-5(8)6(9)10/h5H,1-4,8H2,(H2,9,10)/t5-/m0/s1. The summed E-state index contributed by atoms with van der Waals surface area (Å²) in [4.78, 5) is 10.4. The number of nitrogens with two attached hydrogens (primary N) is 2. The number of amides is 1. The summed E-state index contributed by atoms with van der Waals surface area (Å²) >= 11 is 1.45. The first-order valence-electron chi connectivity index (χ1n) is 3.37. The van der Waals surface area contributed by atoms with Crippen LogP contribution in [0.1, 0.15) is 6.42 Å². The fraction of sp³-hybridized carbons (Fsp3) is 0.833. The summed E-state index contributed by atoms with van der Waals surface area (Å²) in [6.07, 6.45) is 0.510. The van der Waals surface area contributed by atoms with Crippen LogP contribution in [0.2, 0.25) is 0 Å². The van der Waals surface area contributed by atoms with Gasteiger partial charge < -0.3 is 11.5 Å². The Labute approximate surface area is 69.7 Å². The van der Waals surface area contributed by atoms with Gasteiger partial charge in [0.1, 0.15) is 0 Å². The smallest absolute Gasteiger partial charge is 0.235 e. The third kappa shape index (κ3) is 6.12. The number of carbonyl (C=O) groups is 1. The van der Waals surface area contributed by atoms with Gasteiger partial charge in [0.05, 0.1) is 12.7 Å². The summed E-state index contributed by atoms with van der Waals surface area (Å²) in [5, 5.41) is 0. The minimum Gasteiger partial charge on any atom is -0.368 e. The molecule has 3 nitrogen and oxygen atoms in total. The molecule has 0 saturated carbocycles. The molecule has 0 rings (SSSR count). The lowest BCUT2D eigenvalue weighted by Crippen LogP contribution is -2.38. The number of hydrogen-bond donors (Lipinski definition) is 2. The Morgan fingerprint density at radius 2 is 2.27 bits per heavy atom. The van der Waals surface area contributed by atoms with Crippen molar-refractivity contribution in [2.45, 2.75) is 12.5 Å². The van der Waals surface area contributed by atoms with Crippen molar-refractivity contribution in [2.24, 2.45) is 11.5 Å². The van der Waals surface area contributed by atoms with Crippen LogP contribution in [0, 0.1) is 0 Å². The first-order valence-corrected chi connectivity index (χ1v) is 4.52. The van der Waals surface area contributed by atoms with E-state index >= 15 is 0 Å². The Hall–Kier alpha value is -0.290. The Morgan fingerprint density at radius 3 is 2.73 bits per heavy atom. The van der Waals surface area contributed by atoms with Crippen molar-refractivity contribution in [3.63, 3.8) is 0 Å². The van der Waals surface area contributed by atoms with E-state index in [1.807, 2.05) is 0 Å². The molecule has 66 valence electrons. The van der Waals surface area contributed by atoms with Gasteiger partial charge in [0.25, 0.3) is 0 Å². The van der Waals surface area contributed by atoms with E-state index < -0.39 is 11.9 Å². The van der Waals surface area contributed by atoms with Crippen molar-refractivity contribution in [1.29, 1.82) is 0 Å². The molecule has 0 heterocycles. The summed E-state index contributed by atoms with van der Waals surface area (Å²) < 4.78 is 11.5. The predicted molar refractivity (Wildman–Crippen MR) is 45.1 cm³/mol. The normalized spacial score (nSPS) is 12.9. The fourth-order valence-electron chi connectivity index (χ4n) is 0.449. The molecule has 4 N–H and O–H groups in total. The molecule has 1 amide bonds. The number of hydrogen-bond acceptors (Lipinski definition) is 3. The Morgan fingerprint density at radius 1 is 1.64 bits per heavy atom. The number of halogens is 1. The quantitative estimate of drug-likeness (QED) is 0.560. The van der Waals surface area contributed by atoms with Gasteiger partial charge >= 0.3 is 0 Å². The molecule has 0 unspecified atom stereocenters. The van der Waals surface area contributed by atoms with E-state index in [1.165, 1.54) is 11.8 Å². The molecule has 0 aromatic heterocycles. The maximum absolute atomic E-state index is 11.5. The average molecular weight is 180 g/mol. The van der Waals surface area contributed by atoms with Crippen LogP contribution in [0.25, 0.3) is 0 Å². The molecular weight excluding hydrogens is 167 g/mol. The van der Waals surface area contributed by atoms with Gasteiger partial charge in [-0.25, -0.2) is 0 Å². The first-order chi connectivity index (χ1) is 5.18. The lowest BCUT2D eigenvalue weighted by atomic mass is 10.3. The molecule has 0 aliphatic heterocycles. The van der Waals surface area contributed by atoms with Gasteiger partial charge in [-0.3, -0.25) is 9.18 Å². The number of thioether (sulfide) groups is 1. The molecule has 0 aliphatic carbocycles. The summed E-state index contributed by atoms with van der Waals surface area (Å²) in [5.41, 5.74) is 10.2. The van der Waals surface area contributed by atoms with Gasteiger partial charge in [-0.05, 0) is 12.2 Å². The highest BCUT2D eigenvalue weighted by atomic mass is 32.2. The summed E-state index contributed by atoms with van der Waals surface area (Å²) in [6, 6.07) is -0.598. The largest absolute Gasteiger partial charge is 0.368 e. The van der Waals surface area contributed by atoms with Gasteiger partial charge in [-0.2, -0.15) is 11.8 Å². The van der Waals surface area contributed by atoms with Crippen molar-refractivity contribution < 1.29 is 9.18 Å². The zero-order valence-corrected chi connectivity index (χ0v) is 7.07. The Balaban J connectivity index is 3.17. The number of alkyl halides is 1. The van der Waals surface area contributed by atoms with E-state index in [1.54, 1.807) is 0 Å². The monoisotopic (exact) mass is 180 g/mol. The van der Waals surface area contributed by atoms with Crippen LogP contribution < -0.4 is 11.5 Å². The van der Waals surface area contributed by atoms with Gasteiger partial charge in [0.2, 0.25) is 5.91 Å². The summed E-state index contributed by atoms with van der Waals surface area (Å²) in [5.74, 6) is 0.671. The third-order valence-electron chi connectivity index (χ3n) is 1.09. The number of rotatable bonds is 6. The lowest BCUT2D eigenvalue weighted by molar-refractivity contribution is -0.118. The first kappa shape index (κ1) is 10.7. The highest BCUT2D eigenvalue weighted by Crippen LogP contribution is 2.03. The van der Waals surface area contributed by atoms with E-state index in [4.69, 9.17) is 11.5 Å². The molecule has 0 fully saturated rings. The van der Waals surface area contributed by atoms with E-state index in [0.717, 1.165) is 0 Å². The van der Waals surface area contributed by atoms with Crippen molar-refractivity contribution in [3.8, 4) is 0 Å². The molecule has 0 aromatic rings. The van der Waals surface area contributed by atoms with Crippen LogP contribution in [0.3, 0.4) is 0 Å². The SMILES string of the molecule is NC(=O)[C@@H](N)CSCCCF. The molecule has 0 spiro atoms. The van der Waals surface area contributed by atoms with Crippen molar-refractivity contribution in [2.75, 3.05) is 18.2 Å². The summed E-state index contributed by atoms with van der Waals surface area (Å²) in [7, 11) is 0. The van der Waals surface area contributed by atoms with E-state index in [9.17, 15) is 9.18 Å². The highest BCUT2D eigenvalue weighted by Gasteiger charge is 2.07. The second kappa shape index (κ2) is 6.42. The Kier molecular flexibility index (Phi) is 6.25. The molecule has 0 saturated heterocycles. The predicted octanol–water partition coefficient (Wildman–Crippen LogP) is -0.108. The van der Waals surface area contributed by atoms with E-state index in [2.05, 4.69) is 0 Å². The van der Waals surface area contributed by atoms with Gasteiger partial charge in [-0.15, -0.1) is 0 Å². The van der Waals surface area contributed by atoms with E-state index in [0.29, 0.717) is 17.9 Å². The van der Waals surface area contributed by atoms with Crippen LogP contribution in [0.4, 0.5) is 4.39 Å². The maximum Gasteiger partial charge on any atom is 0.235 e. The molecule has 5 heteroatoms. The average Bonchev–Trinajstić information content (AvgIpc) is 1.97. The van der Waals surface area contributed by atoms with Crippen LogP contribution in [0.15, 0.2) is 0 Å². The fourth-order valence-corrected chi connectivity index (χ4v) is 1.35. The van der Waals surface area contributed by atoms with Crippen LogP contribution >= 0.6 is 11.8 Å². The molecule has 1 atom stereocenters. The molecule has 0 aromatic carbocycles. The van der Waals surface area contributed by atoms with Crippen LogP contribution in [0.5, 0.6) is 0 Å².